The first-order valence-corrected chi connectivity index (χ1v) is 8.64. The minimum atomic E-state index is -0.684. The topological polar surface area (TPSA) is 98.2 Å². The lowest BCUT2D eigenvalue weighted by Gasteiger charge is -2.02. The summed E-state index contributed by atoms with van der Waals surface area (Å²) < 4.78 is 5.19. The molecule has 0 saturated heterocycles. The average molecular weight is 363 g/mol. The number of thiazole rings is 1. The molecular weight excluding hydrogens is 350 g/mol. The number of nitrogens with zero attached hydrogens (tertiary/aromatic N) is 1. The Labute approximate surface area is 151 Å². The van der Waals surface area contributed by atoms with Gasteiger partial charge in [-0.05, 0) is 24.3 Å². The van der Waals surface area contributed by atoms with Crippen LogP contribution in [-0.2, 0) is 0 Å². The maximum absolute atomic E-state index is 12.4. The fraction of sp³-hybridized carbons (Fsp3) is 0. The van der Waals surface area contributed by atoms with Crippen molar-refractivity contribution >= 4 is 39.0 Å². The second-order valence-electron chi connectivity index (χ2n) is 5.60. The Morgan fingerprint density at radius 1 is 1.12 bits per heavy atom. The van der Waals surface area contributed by atoms with E-state index in [2.05, 4.69) is 10.3 Å². The maximum atomic E-state index is 12.4. The Hall–Kier alpha value is -3.45. The van der Waals surface area contributed by atoms with Gasteiger partial charge in [-0.2, -0.15) is 0 Å². The molecule has 0 spiro atoms. The van der Waals surface area contributed by atoms with E-state index in [9.17, 15) is 9.59 Å². The molecule has 128 valence electrons. The largest absolute Gasteiger partial charge is 0.422 e. The van der Waals surface area contributed by atoms with Gasteiger partial charge in [-0.1, -0.05) is 30.3 Å². The standard InChI is InChI=1S/C19H13N3O3S/c20-13-7-5-11(6-8-13)15-10-26-19(21-15)22-17(23)14-9-12-3-1-2-4-16(12)25-18(14)24/h1-10H,20H2,(H,21,22,23). The molecule has 0 aliphatic carbocycles. The monoisotopic (exact) mass is 363 g/mol. The number of nitrogens with two attached hydrogens (primary N) is 1. The maximum Gasteiger partial charge on any atom is 0.349 e. The van der Waals surface area contributed by atoms with E-state index in [0.717, 1.165) is 11.3 Å². The van der Waals surface area contributed by atoms with Gasteiger partial charge in [-0.3, -0.25) is 10.1 Å². The van der Waals surface area contributed by atoms with Crippen LogP contribution in [0.3, 0.4) is 0 Å². The number of hydrogen-bond acceptors (Lipinski definition) is 6. The van der Waals surface area contributed by atoms with Gasteiger partial charge in [-0.15, -0.1) is 11.3 Å². The van der Waals surface area contributed by atoms with Crippen molar-refractivity contribution in [3.8, 4) is 11.3 Å². The fourth-order valence-corrected chi connectivity index (χ4v) is 3.22. The summed E-state index contributed by atoms with van der Waals surface area (Å²) in [6.07, 6.45) is 0. The van der Waals surface area contributed by atoms with Gasteiger partial charge in [0.1, 0.15) is 11.1 Å². The number of benzene rings is 2. The molecule has 2 aromatic heterocycles. The Morgan fingerprint density at radius 2 is 1.88 bits per heavy atom. The van der Waals surface area contributed by atoms with Crippen LogP contribution in [0.25, 0.3) is 22.2 Å². The number of nitrogens with one attached hydrogen (secondary N) is 1. The van der Waals surface area contributed by atoms with Crippen molar-refractivity contribution in [1.29, 1.82) is 0 Å². The highest BCUT2D eigenvalue weighted by Crippen LogP contribution is 2.26. The molecule has 0 aliphatic heterocycles. The fourth-order valence-electron chi connectivity index (χ4n) is 2.50. The van der Waals surface area contributed by atoms with Crippen molar-refractivity contribution in [2.45, 2.75) is 0 Å². The first-order valence-electron chi connectivity index (χ1n) is 7.76. The molecular formula is C19H13N3O3S. The van der Waals surface area contributed by atoms with Gasteiger partial charge in [0.2, 0.25) is 0 Å². The van der Waals surface area contributed by atoms with Crippen molar-refractivity contribution in [1.82, 2.24) is 4.98 Å². The lowest BCUT2D eigenvalue weighted by atomic mass is 10.1. The van der Waals surface area contributed by atoms with Gasteiger partial charge in [0, 0.05) is 22.0 Å². The molecule has 0 fully saturated rings. The third-order valence-corrected chi connectivity index (χ3v) is 4.57. The van der Waals surface area contributed by atoms with Crippen LogP contribution >= 0.6 is 11.3 Å². The molecule has 0 saturated carbocycles. The summed E-state index contributed by atoms with van der Waals surface area (Å²) in [5.74, 6) is -0.553. The van der Waals surface area contributed by atoms with Gasteiger partial charge in [-0.25, -0.2) is 9.78 Å². The Morgan fingerprint density at radius 3 is 2.69 bits per heavy atom. The van der Waals surface area contributed by atoms with E-state index in [4.69, 9.17) is 10.2 Å². The summed E-state index contributed by atoms with van der Waals surface area (Å²) in [6, 6.07) is 15.8. The molecule has 1 amide bonds. The summed E-state index contributed by atoms with van der Waals surface area (Å²) in [6.45, 7) is 0. The molecule has 4 aromatic rings. The Kier molecular flexibility index (Phi) is 3.98. The van der Waals surface area contributed by atoms with Crippen LogP contribution in [0.4, 0.5) is 10.8 Å². The lowest BCUT2D eigenvalue weighted by Crippen LogP contribution is -2.20. The van der Waals surface area contributed by atoms with E-state index in [1.54, 1.807) is 30.3 Å². The molecule has 26 heavy (non-hydrogen) atoms. The minimum absolute atomic E-state index is 0.0621. The van der Waals surface area contributed by atoms with Crippen LogP contribution in [0.5, 0.6) is 0 Å². The number of nitrogen functional groups attached to an aromatic ring is 1. The van der Waals surface area contributed by atoms with Crippen LogP contribution in [0, 0.1) is 0 Å². The number of rotatable bonds is 3. The Balaban J connectivity index is 1.60. The molecule has 0 radical (unpaired) electrons. The van der Waals surface area contributed by atoms with Crippen LogP contribution in [-0.4, -0.2) is 10.9 Å². The summed E-state index contributed by atoms with van der Waals surface area (Å²) >= 11 is 1.27. The molecule has 6 nitrogen and oxygen atoms in total. The summed E-state index contributed by atoms with van der Waals surface area (Å²) in [4.78, 5) is 28.9. The molecule has 7 heteroatoms. The molecule has 3 N–H and O–H groups in total. The second kappa shape index (κ2) is 6.45. The van der Waals surface area contributed by atoms with Crippen molar-refractivity contribution in [3.63, 3.8) is 0 Å². The highest BCUT2D eigenvalue weighted by molar-refractivity contribution is 7.14. The predicted molar refractivity (Wildman–Crippen MR) is 102 cm³/mol. The lowest BCUT2D eigenvalue weighted by molar-refractivity contribution is 0.102. The predicted octanol–water partition coefficient (Wildman–Crippen LogP) is 3.75. The van der Waals surface area contributed by atoms with E-state index < -0.39 is 11.5 Å². The molecule has 0 atom stereocenters. The molecule has 0 bridgehead atoms. The van der Waals surface area contributed by atoms with Gasteiger partial charge in [0.05, 0.1) is 5.69 Å². The van der Waals surface area contributed by atoms with Crippen molar-refractivity contribution in [3.05, 3.63) is 76.0 Å². The zero-order valence-electron chi connectivity index (χ0n) is 13.4. The molecule has 0 unspecified atom stereocenters. The van der Waals surface area contributed by atoms with E-state index in [0.29, 0.717) is 21.8 Å². The summed E-state index contributed by atoms with van der Waals surface area (Å²) in [7, 11) is 0. The summed E-state index contributed by atoms with van der Waals surface area (Å²) in [5, 5.41) is 5.55. The van der Waals surface area contributed by atoms with Crippen molar-refractivity contribution < 1.29 is 9.21 Å². The second-order valence-corrected chi connectivity index (χ2v) is 6.46. The van der Waals surface area contributed by atoms with E-state index in [1.807, 2.05) is 23.6 Å². The zero-order chi connectivity index (χ0) is 18.1. The third-order valence-electron chi connectivity index (χ3n) is 3.82. The number of carbonyl (C=O) groups excluding carboxylic acids is 1. The van der Waals surface area contributed by atoms with Crippen LogP contribution < -0.4 is 16.7 Å². The number of anilines is 2. The molecule has 0 aliphatic rings. The van der Waals surface area contributed by atoms with Crippen LogP contribution in [0.15, 0.2) is 69.2 Å². The number of aromatic nitrogens is 1. The van der Waals surface area contributed by atoms with Crippen LogP contribution in [0.1, 0.15) is 10.4 Å². The van der Waals surface area contributed by atoms with Crippen molar-refractivity contribution in [2.24, 2.45) is 0 Å². The smallest absolute Gasteiger partial charge is 0.349 e. The third kappa shape index (κ3) is 3.07. The highest BCUT2D eigenvalue weighted by atomic mass is 32.1. The van der Waals surface area contributed by atoms with Gasteiger partial charge in [0.25, 0.3) is 5.91 Å². The van der Waals surface area contributed by atoms with Gasteiger partial charge >= 0.3 is 5.63 Å². The van der Waals surface area contributed by atoms with E-state index in [1.165, 1.54) is 17.4 Å². The zero-order valence-corrected chi connectivity index (χ0v) is 14.2. The van der Waals surface area contributed by atoms with Gasteiger partial charge in [0.15, 0.2) is 5.13 Å². The normalized spacial score (nSPS) is 10.8. The minimum Gasteiger partial charge on any atom is -0.422 e. The highest BCUT2D eigenvalue weighted by Gasteiger charge is 2.15. The molecule has 2 aromatic carbocycles. The first kappa shape index (κ1) is 16.0. The quantitative estimate of drug-likeness (QED) is 0.427. The van der Waals surface area contributed by atoms with E-state index >= 15 is 0 Å². The van der Waals surface area contributed by atoms with Gasteiger partial charge < -0.3 is 10.2 Å². The summed E-state index contributed by atoms with van der Waals surface area (Å²) in [5.41, 5.74) is 7.65. The Bertz CT molecular complexity index is 1160. The number of para-hydroxylation sites is 1. The van der Waals surface area contributed by atoms with E-state index in [-0.39, 0.29) is 5.56 Å². The number of fused-ring (bicyclic) bond motifs is 1. The van der Waals surface area contributed by atoms with Crippen LogP contribution in [0.2, 0.25) is 0 Å². The van der Waals surface area contributed by atoms with Crippen molar-refractivity contribution in [2.75, 3.05) is 11.1 Å². The number of amides is 1. The average Bonchev–Trinajstić information content (AvgIpc) is 3.10. The molecule has 2 heterocycles. The SMILES string of the molecule is Nc1ccc(-c2csc(NC(=O)c3cc4ccccc4oc3=O)n2)cc1. The molecule has 4 rings (SSSR count). The number of hydrogen-bond donors (Lipinski definition) is 2. The number of carbonyl (C=O) groups is 1. The first-order chi connectivity index (χ1) is 12.6.